The van der Waals surface area contributed by atoms with E-state index in [0.29, 0.717) is 5.56 Å². The third-order valence-corrected chi connectivity index (χ3v) is 5.48. The predicted octanol–water partition coefficient (Wildman–Crippen LogP) is 3.36. The van der Waals surface area contributed by atoms with Crippen molar-refractivity contribution in [3.63, 3.8) is 0 Å². The predicted molar refractivity (Wildman–Crippen MR) is 107 cm³/mol. The lowest BCUT2D eigenvalue weighted by atomic mass is 10.0. The number of amides is 1. The molecule has 1 aromatic carbocycles. The Labute approximate surface area is 163 Å². The highest BCUT2D eigenvalue weighted by molar-refractivity contribution is 6.31. The number of halogens is 1. The maximum Gasteiger partial charge on any atom is 0.257 e. The molecular weight excluding hydrogens is 362 g/mol. The van der Waals surface area contributed by atoms with E-state index in [-0.39, 0.29) is 11.9 Å². The van der Waals surface area contributed by atoms with Crippen molar-refractivity contribution in [2.45, 2.75) is 18.9 Å². The fourth-order valence-electron chi connectivity index (χ4n) is 3.65. The lowest BCUT2D eigenvalue weighted by molar-refractivity contribution is 0.0709. The SMILES string of the molecule is CN(C(=O)c1cnn(C)c1)C1CCN(c2ccc3cc(Cl)ccc3n2)CC1. The average molecular weight is 384 g/mol. The molecule has 0 spiro atoms. The molecule has 0 radical (unpaired) electrons. The van der Waals surface area contributed by atoms with Crippen molar-refractivity contribution in [3.05, 3.63) is 53.3 Å². The third-order valence-electron chi connectivity index (χ3n) is 5.24. The van der Waals surface area contributed by atoms with Gasteiger partial charge in [0.1, 0.15) is 5.82 Å². The average Bonchev–Trinajstić information content (AvgIpc) is 3.13. The van der Waals surface area contributed by atoms with Crippen LogP contribution in [0.4, 0.5) is 5.82 Å². The Hall–Kier alpha value is -2.60. The molecule has 1 amide bonds. The molecule has 0 atom stereocenters. The van der Waals surface area contributed by atoms with Crippen LogP contribution < -0.4 is 4.90 Å². The van der Waals surface area contributed by atoms with Crippen LogP contribution in [-0.4, -0.2) is 51.8 Å². The van der Waals surface area contributed by atoms with E-state index in [2.05, 4.69) is 16.1 Å². The first-order valence-corrected chi connectivity index (χ1v) is 9.46. The van der Waals surface area contributed by atoms with Crippen LogP contribution in [0.25, 0.3) is 10.9 Å². The summed E-state index contributed by atoms with van der Waals surface area (Å²) in [5, 5.41) is 5.86. The van der Waals surface area contributed by atoms with Gasteiger partial charge in [0.15, 0.2) is 0 Å². The number of nitrogens with zero attached hydrogens (tertiary/aromatic N) is 5. The third kappa shape index (κ3) is 3.62. The maximum atomic E-state index is 12.6. The van der Waals surface area contributed by atoms with Gasteiger partial charge in [-0.25, -0.2) is 4.98 Å². The molecule has 0 unspecified atom stereocenters. The number of anilines is 1. The number of piperidine rings is 1. The Morgan fingerprint density at radius 3 is 2.70 bits per heavy atom. The van der Waals surface area contributed by atoms with Crippen molar-refractivity contribution >= 4 is 34.2 Å². The Morgan fingerprint density at radius 2 is 2.00 bits per heavy atom. The van der Waals surface area contributed by atoms with Gasteiger partial charge in [0.05, 0.1) is 17.3 Å². The van der Waals surface area contributed by atoms with Gasteiger partial charge in [-0.1, -0.05) is 11.6 Å². The van der Waals surface area contributed by atoms with Crippen molar-refractivity contribution in [1.82, 2.24) is 19.7 Å². The first-order valence-electron chi connectivity index (χ1n) is 9.08. The van der Waals surface area contributed by atoms with Crippen LogP contribution in [0.3, 0.4) is 0 Å². The normalized spacial score (nSPS) is 15.3. The Kier molecular flexibility index (Phi) is 4.74. The molecule has 0 N–H and O–H groups in total. The molecule has 0 saturated carbocycles. The zero-order chi connectivity index (χ0) is 19.0. The van der Waals surface area contributed by atoms with Crippen molar-refractivity contribution < 1.29 is 4.79 Å². The van der Waals surface area contributed by atoms with E-state index in [1.165, 1.54) is 0 Å². The standard InChI is InChI=1S/C20H22ClN5O/c1-24-13-15(12-22-24)20(27)25(2)17-7-9-26(10-8-17)19-6-3-14-11-16(21)4-5-18(14)23-19/h3-6,11-13,17H,7-10H2,1-2H3. The zero-order valence-corrected chi connectivity index (χ0v) is 16.2. The number of pyridine rings is 1. The van der Waals surface area contributed by atoms with Crippen LogP contribution in [0.2, 0.25) is 5.02 Å². The molecule has 1 aliphatic rings. The topological polar surface area (TPSA) is 54.3 Å². The summed E-state index contributed by atoms with van der Waals surface area (Å²) in [4.78, 5) is 21.5. The number of carbonyl (C=O) groups is 1. The van der Waals surface area contributed by atoms with Crippen molar-refractivity contribution in [2.24, 2.45) is 7.05 Å². The summed E-state index contributed by atoms with van der Waals surface area (Å²) in [5.74, 6) is 1.01. The van der Waals surface area contributed by atoms with Crippen molar-refractivity contribution in [2.75, 3.05) is 25.0 Å². The summed E-state index contributed by atoms with van der Waals surface area (Å²) in [5.41, 5.74) is 1.58. The quantitative estimate of drug-likeness (QED) is 0.695. The number of aromatic nitrogens is 3. The Bertz CT molecular complexity index is 977. The fourth-order valence-corrected chi connectivity index (χ4v) is 3.83. The molecule has 27 heavy (non-hydrogen) atoms. The monoisotopic (exact) mass is 383 g/mol. The number of carbonyl (C=O) groups excluding carboxylic acids is 1. The van der Waals surface area contributed by atoms with Gasteiger partial charge in [0, 0.05) is 49.8 Å². The fraction of sp³-hybridized carbons (Fsp3) is 0.350. The van der Waals surface area contributed by atoms with E-state index in [4.69, 9.17) is 16.6 Å². The van der Waals surface area contributed by atoms with Crippen LogP contribution in [0.1, 0.15) is 23.2 Å². The van der Waals surface area contributed by atoms with Gasteiger partial charge in [-0.2, -0.15) is 5.10 Å². The van der Waals surface area contributed by atoms with Crippen molar-refractivity contribution in [3.8, 4) is 0 Å². The summed E-state index contributed by atoms with van der Waals surface area (Å²) in [6.07, 6.45) is 5.23. The second-order valence-corrected chi connectivity index (χ2v) is 7.48. The molecule has 3 heterocycles. The number of benzene rings is 1. The van der Waals surface area contributed by atoms with E-state index >= 15 is 0 Å². The minimum Gasteiger partial charge on any atom is -0.356 e. The molecule has 0 aliphatic carbocycles. The maximum absolute atomic E-state index is 12.6. The molecule has 3 aromatic rings. The zero-order valence-electron chi connectivity index (χ0n) is 15.5. The van der Waals surface area contributed by atoms with Gasteiger partial charge in [0.2, 0.25) is 0 Å². The molecule has 2 aromatic heterocycles. The Morgan fingerprint density at radius 1 is 1.22 bits per heavy atom. The molecule has 1 fully saturated rings. The molecule has 0 bridgehead atoms. The van der Waals surface area contributed by atoms with E-state index in [1.54, 1.807) is 17.1 Å². The number of rotatable bonds is 3. The van der Waals surface area contributed by atoms with Crippen molar-refractivity contribution in [1.29, 1.82) is 0 Å². The van der Waals surface area contributed by atoms with Gasteiger partial charge in [-0.15, -0.1) is 0 Å². The van der Waals surface area contributed by atoms with E-state index in [9.17, 15) is 4.79 Å². The summed E-state index contributed by atoms with van der Waals surface area (Å²) in [7, 11) is 3.70. The summed E-state index contributed by atoms with van der Waals surface area (Å²) in [6.45, 7) is 1.75. The summed E-state index contributed by atoms with van der Waals surface area (Å²) >= 11 is 6.05. The highest BCUT2D eigenvalue weighted by atomic mass is 35.5. The van der Waals surface area contributed by atoms with Crippen LogP contribution in [-0.2, 0) is 7.05 Å². The van der Waals surface area contributed by atoms with E-state index in [1.807, 2.05) is 43.3 Å². The lowest BCUT2D eigenvalue weighted by Gasteiger charge is -2.37. The smallest absolute Gasteiger partial charge is 0.257 e. The van der Waals surface area contributed by atoms with Crippen LogP contribution in [0.15, 0.2) is 42.7 Å². The van der Waals surface area contributed by atoms with Crippen LogP contribution in [0, 0.1) is 0 Å². The van der Waals surface area contributed by atoms with Gasteiger partial charge in [-0.05, 0) is 43.2 Å². The molecule has 7 heteroatoms. The molecule has 1 saturated heterocycles. The van der Waals surface area contributed by atoms with Gasteiger partial charge in [0.25, 0.3) is 5.91 Å². The second kappa shape index (κ2) is 7.19. The van der Waals surface area contributed by atoms with Gasteiger partial charge < -0.3 is 9.80 Å². The van der Waals surface area contributed by atoms with Crippen LogP contribution >= 0.6 is 11.6 Å². The lowest BCUT2D eigenvalue weighted by Crippen LogP contribution is -2.45. The first kappa shape index (κ1) is 17.8. The minimum absolute atomic E-state index is 0.0299. The minimum atomic E-state index is 0.0299. The van der Waals surface area contributed by atoms with Gasteiger partial charge >= 0.3 is 0 Å². The van der Waals surface area contributed by atoms with E-state index in [0.717, 1.165) is 47.7 Å². The largest absolute Gasteiger partial charge is 0.356 e. The molecule has 1 aliphatic heterocycles. The molecule has 140 valence electrons. The molecule has 6 nitrogen and oxygen atoms in total. The summed E-state index contributed by atoms with van der Waals surface area (Å²) < 4.78 is 1.66. The van der Waals surface area contributed by atoms with Crippen LogP contribution in [0.5, 0.6) is 0 Å². The highest BCUT2D eigenvalue weighted by Gasteiger charge is 2.27. The number of fused-ring (bicyclic) bond motifs is 1. The Balaban J connectivity index is 1.42. The van der Waals surface area contributed by atoms with Gasteiger partial charge in [-0.3, -0.25) is 9.48 Å². The summed E-state index contributed by atoms with van der Waals surface area (Å²) in [6, 6.07) is 10.1. The molecular formula is C20H22ClN5O. The first-order chi connectivity index (χ1) is 13.0. The van der Waals surface area contributed by atoms with E-state index < -0.39 is 0 Å². The molecule has 4 rings (SSSR count). The number of hydrogen-bond donors (Lipinski definition) is 0. The number of hydrogen-bond acceptors (Lipinski definition) is 4. The number of aryl methyl sites for hydroxylation is 1. The highest BCUT2D eigenvalue weighted by Crippen LogP contribution is 2.25. The second-order valence-electron chi connectivity index (χ2n) is 7.04.